The average Bonchev–Trinajstić information content (AvgIpc) is 2.12. The number of piperidine rings is 1. The van der Waals surface area contributed by atoms with E-state index in [1.807, 2.05) is 0 Å². The van der Waals surface area contributed by atoms with Crippen LogP contribution in [0.4, 0.5) is 0 Å². The zero-order valence-corrected chi connectivity index (χ0v) is 8.18. The van der Waals surface area contributed by atoms with Crippen molar-refractivity contribution in [3.05, 3.63) is 0 Å². The average molecular weight is 170 g/mol. The lowest BCUT2D eigenvalue weighted by Gasteiger charge is -2.40. The molecule has 4 atom stereocenters. The van der Waals surface area contributed by atoms with Gasteiger partial charge in [0.25, 0.3) is 0 Å². The molecule has 4 N–H and O–H groups in total. The highest BCUT2D eigenvalue weighted by molar-refractivity contribution is 4.82. The molecular weight excluding hydrogens is 148 g/mol. The van der Waals surface area contributed by atoms with Crippen molar-refractivity contribution in [3.63, 3.8) is 0 Å². The second-order valence-electron chi connectivity index (χ2n) is 4.70. The van der Waals surface area contributed by atoms with Gasteiger partial charge in [0.15, 0.2) is 0 Å². The minimum Gasteiger partial charge on any atom is -0.355 e. The Bertz CT molecular complexity index is 140. The van der Waals surface area contributed by atoms with E-state index in [2.05, 4.69) is 12.8 Å². The fraction of sp³-hybridized carbons (Fsp3) is 1.00. The lowest BCUT2D eigenvalue weighted by molar-refractivity contribution is -0.922. The predicted octanol–water partition coefficient (Wildman–Crippen LogP) is -0.926. The van der Waals surface area contributed by atoms with Crippen molar-refractivity contribution >= 4 is 0 Å². The van der Waals surface area contributed by atoms with E-state index in [0.29, 0.717) is 0 Å². The number of likely N-dealkylation sites (tertiary alicyclic amines) is 1. The van der Waals surface area contributed by atoms with Gasteiger partial charge in [-0.05, 0) is 19.3 Å². The maximum absolute atomic E-state index is 4.30. The fourth-order valence-corrected chi connectivity index (χ4v) is 3.15. The van der Waals surface area contributed by atoms with Gasteiger partial charge in [-0.1, -0.05) is 6.42 Å². The van der Waals surface area contributed by atoms with Gasteiger partial charge in [-0.15, -0.1) is 0 Å². The number of rotatable bonds is 0. The first-order valence-electron chi connectivity index (χ1n) is 5.44. The molecule has 2 nitrogen and oxygen atoms in total. The minimum atomic E-state index is 0.763. The number of nitrogens with one attached hydrogen (secondary N) is 1. The van der Waals surface area contributed by atoms with Crippen molar-refractivity contribution in [3.8, 4) is 0 Å². The first-order valence-corrected chi connectivity index (χ1v) is 5.44. The summed E-state index contributed by atoms with van der Waals surface area (Å²) in [6, 6.07) is 1.72. The Balaban J connectivity index is 2.05. The van der Waals surface area contributed by atoms with Crippen LogP contribution in [0.3, 0.4) is 0 Å². The molecule has 1 heterocycles. The monoisotopic (exact) mass is 170 g/mol. The van der Waals surface area contributed by atoms with Crippen LogP contribution < -0.4 is 10.6 Å². The number of hydrogen-bond donors (Lipinski definition) is 2. The van der Waals surface area contributed by atoms with Gasteiger partial charge in [-0.25, -0.2) is 0 Å². The van der Waals surface area contributed by atoms with Gasteiger partial charge in [0, 0.05) is 6.42 Å². The summed E-state index contributed by atoms with van der Waals surface area (Å²) in [5.41, 5.74) is 4.30. The molecule has 0 spiro atoms. The van der Waals surface area contributed by atoms with Crippen LogP contribution in [0.15, 0.2) is 0 Å². The lowest BCUT2D eigenvalue weighted by atomic mass is 9.76. The highest BCUT2D eigenvalue weighted by Gasteiger charge is 2.41. The zero-order valence-electron chi connectivity index (χ0n) is 8.18. The Labute approximate surface area is 75.1 Å². The molecule has 70 valence electrons. The molecule has 2 aliphatic rings. The van der Waals surface area contributed by atoms with E-state index in [4.69, 9.17) is 0 Å². The summed E-state index contributed by atoms with van der Waals surface area (Å²) >= 11 is 0. The smallest absolute Gasteiger partial charge is 0.0983 e. The van der Waals surface area contributed by atoms with E-state index in [1.54, 1.807) is 4.90 Å². The van der Waals surface area contributed by atoms with Gasteiger partial charge in [0.05, 0.1) is 31.6 Å². The summed E-state index contributed by atoms with van der Waals surface area (Å²) in [5.74, 6) is 0.951. The van der Waals surface area contributed by atoms with Crippen LogP contribution in [0.25, 0.3) is 0 Å². The largest absolute Gasteiger partial charge is 0.355 e. The highest BCUT2D eigenvalue weighted by Crippen LogP contribution is 2.26. The first-order chi connectivity index (χ1) is 5.79. The zero-order chi connectivity index (χ0) is 8.55. The quantitative estimate of drug-likeness (QED) is 0.471. The molecule has 1 aliphatic heterocycles. The van der Waals surface area contributed by atoms with Crippen LogP contribution in [0.2, 0.25) is 0 Å². The van der Waals surface area contributed by atoms with Gasteiger partial charge < -0.3 is 10.6 Å². The van der Waals surface area contributed by atoms with Crippen LogP contribution in [-0.2, 0) is 0 Å². The first kappa shape index (κ1) is 8.52. The van der Waals surface area contributed by atoms with Crippen LogP contribution in [0.5, 0.6) is 0 Å². The van der Waals surface area contributed by atoms with Crippen molar-refractivity contribution < 1.29 is 10.6 Å². The summed E-state index contributed by atoms with van der Waals surface area (Å²) in [6.45, 7) is 1.36. The number of quaternary nitrogens is 2. The summed E-state index contributed by atoms with van der Waals surface area (Å²) in [5, 5.41) is 0. The molecule has 0 radical (unpaired) electrons. The van der Waals surface area contributed by atoms with Crippen LogP contribution >= 0.6 is 0 Å². The van der Waals surface area contributed by atoms with Crippen molar-refractivity contribution in [2.75, 3.05) is 13.6 Å². The molecule has 0 bridgehead atoms. The molecule has 1 aliphatic carbocycles. The van der Waals surface area contributed by atoms with Crippen molar-refractivity contribution in [1.29, 1.82) is 0 Å². The summed E-state index contributed by atoms with van der Waals surface area (Å²) in [4.78, 5) is 1.78. The third kappa shape index (κ3) is 1.38. The van der Waals surface area contributed by atoms with Gasteiger partial charge >= 0.3 is 0 Å². The lowest BCUT2D eigenvalue weighted by Crippen LogP contribution is -3.16. The maximum atomic E-state index is 4.30. The molecule has 0 aromatic heterocycles. The molecule has 2 heteroatoms. The third-order valence-electron chi connectivity index (χ3n) is 3.97. The Morgan fingerprint density at radius 3 is 2.67 bits per heavy atom. The van der Waals surface area contributed by atoms with Gasteiger partial charge in [0.2, 0.25) is 0 Å². The SMILES string of the molecule is C[NH+]1CC[C@H]([NH3+])[C@H]2CCCC[C@@H]21. The minimum absolute atomic E-state index is 0.763. The second kappa shape index (κ2) is 3.35. The van der Waals surface area contributed by atoms with E-state index in [9.17, 15) is 0 Å². The standard InChI is InChI=1S/C10H20N2/c1-12-7-6-9(11)8-4-2-3-5-10(8)12/h8-10H,2-7,11H2,1H3/p+2/t8-,9+,10+/m1/s1. The molecule has 0 aromatic rings. The fourth-order valence-electron chi connectivity index (χ4n) is 3.15. The Hall–Kier alpha value is -0.0800. The molecular formula is C10H22N2+2. The maximum Gasteiger partial charge on any atom is 0.0983 e. The molecule has 1 unspecified atom stereocenters. The highest BCUT2D eigenvalue weighted by atomic mass is 15.1. The molecule has 0 amide bonds. The third-order valence-corrected chi connectivity index (χ3v) is 3.97. The van der Waals surface area contributed by atoms with E-state index >= 15 is 0 Å². The van der Waals surface area contributed by atoms with E-state index < -0.39 is 0 Å². The Kier molecular flexibility index (Phi) is 2.37. The van der Waals surface area contributed by atoms with Gasteiger partial charge in [0.1, 0.15) is 0 Å². The van der Waals surface area contributed by atoms with Crippen molar-refractivity contribution in [2.24, 2.45) is 5.92 Å². The summed E-state index contributed by atoms with van der Waals surface area (Å²) in [6.07, 6.45) is 7.19. The van der Waals surface area contributed by atoms with Crippen molar-refractivity contribution in [1.82, 2.24) is 0 Å². The predicted molar refractivity (Wildman–Crippen MR) is 48.8 cm³/mol. The normalized spacial score (nSPS) is 48.5. The number of hydrogen-bond acceptors (Lipinski definition) is 0. The molecule has 1 saturated heterocycles. The number of fused-ring (bicyclic) bond motifs is 1. The Morgan fingerprint density at radius 2 is 1.92 bits per heavy atom. The molecule has 12 heavy (non-hydrogen) atoms. The molecule has 2 rings (SSSR count). The van der Waals surface area contributed by atoms with Crippen molar-refractivity contribution in [2.45, 2.75) is 44.2 Å². The van der Waals surface area contributed by atoms with E-state index in [-0.39, 0.29) is 0 Å². The van der Waals surface area contributed by atoms with Gasteiger partial charge in [-0.2, -0.15) is 0 Å². The second-order valence-corrected chi connectivity index (χ2v) is 4.70. The molecule has 0 aromatic carbocycles. The van der Waals surface area contributed by atoms with Crippen LogP contribution in [0.1, 0.15) is 32.1 Å². The molecule has 1 saturated carbocycles. The summed E-state index contributed by atoms with van der Waals surface area (Å²) in [7, 11) is 2.37. The van der Waals surface area contributed by atoms with E-state index in [1.165, 1.54) is 38.6 Å². The van der Waals surface area contributed by atoms with Crippen LogP contribution in [0, 0.1) is 5.92 Å². The topological polar surface area (TPSA) is 32.1 Å². The Morgan fingerprint density at radius 1 is 1.17 bits per heavy atom. The van der Waals surface area contributed by atoms with Gasteiger partial charge in [-0.3, -0.25) is 0 Å². The van der Waals surface area contributed by atoms with E-state index in [0.717, 1.165) is 18.0 Å². The summed E-state index contributed by atoms with van der Waals surface area (Å²) < 4.78 is 0. The van der Waals surface area contributed by atoms with Crippen LogP contribution in [-0.4, -0.2) is 25.7 Å². The molecule has 2 fully saturated rings.